The zero-order valence-corrected chi connectivity index (χ0v) is 12.1. The van der Waals surface area contributed by atoms with Crippen molar-refractivity contribution in [3.05, 3.63) is 29.8 Å². The van der Waals surface area contributed by atoms with E-state index in [9.17, 15) is 4.79 Å². The second-order valence-electron chi connectivity index (χ2n) is 5.70. The van der Waals surface area contributed by atoms with E-state index in [1.165, 1.54) is 5.56 Å². The molecule has 4 nitrogen and oxygen atoms in total. The van der Waals surface area contributed by atoms with Gasteiger partial charge in [-0.2, -0.15) is 0 Å². The minimum Gasteiger partial charge on any atom is -0.379 e. The predicted molar refractivity (Wildman–Crippen MR) is 78.9 cm³/mol. The molecule has 2 heterocycles. The van der Waals surface area contributed by atoms with E-state index in [4.69, 9.17) is 4.74 Å². The van der Waals surface area contributed by atoms with Gasteiger partial charge in [-0.3, -0.25) is 4.79 Å². The van der Waals surface area contributed by atoms with E-state index in [0.717, 1.165) is 18.7 Å². The summed E-state index contributed by atoms with van der Waals surface area (Å²) >= 11 is 0. The standard InChI is InChI=1S/C16H22N2O2/c1-3-17-14-10-20-9-13(14)16(19)18-11(2)8-12-6-4-5-7-15(12)18/h4-7,11,13-14,17H,3,8-10H2,1-2H3. The van der Waals surface area contributed by atoms with Crippen molar-refractivity contribution in [2.45, 2.75) is 32.4 Å². The second-order valence-corrected chi connectivity index (χ2v) is 5.70. The van der Waals surface area contributed by atoms with Gasteiger partial charge in [0.1, 0.15) is 0 Å². The predicted octanol–water partition coefficient (Wildman–Crippen LogP) is 1.59. The molecule has 1 saturated heterocycles. The highest BCUT2D eigenvalue weighted by atomic mass is 16.5. The molecule has 1 aromatic carbocycles. The number of hydrogen-bond donors (Lipinski definition) is 1. The second kappa shape index (κ2) is 5.54. The average molecular weight is 274 g/mol. The number of benzene rings is 1. The number of hydrogen-bond acceptors (Lipinski definition) is 3. The van der Waals surface area contributed by atoms with Crippen molar-refractivity contribution in [2.24, 2.45) is 5.92 Å². The van der Waals surface area contributed by atoms with Gasteiger partial charge in [-0.05, 0) is 31.5 Å². The molecular weight excluding hydrogens is 252 g/mol. The van der Waals surface area contributed by atoms with Gasteiger partial charge in [0.25, 0.3) is 0 Å². The molecule has 0 aliphatic carbocycles. The zero-order valence-electron chi connectivity index (χ0n) is 12.1. The van der Waals surface area contributed by atoms with Gasteiger partial charge in [0, 0.05) is 17.8 Å². The maximum Gasteiger partial charge on any atom is 0.234 e. The van der Waals surface area contributed by atoms with Crippen LogP contribution >= 0.6 is 0 Å². The van der Waals surface area contributed by atoms with E-state index in [0.29, 0.717) is 13.2 Å². The molecule has 2 aliphatic rings. The van der Waals surface area contributed by atoms with Crippen LogP contribution in [0.4, 0.5) is 5.69 Å². The summed E-state index contributed by atoms with van der Waals surface area (Å²) in [5.41, 5.74) is 2.35. The Bertz CT molecular complexity index is 503. The SMILES string of the molecule is CCNC1COCC1C(=O)N1c2ccccc2CC1C. The highest BCUT2D eigenvalue weighted by Crippen LogP contribution is 2.34. The first-order valence-electron chi connectivity index (χ1n) is 7.44. The molecule has 1 fully saturated rings. The maximum absolute atomic E-state index is 12.9. The molecular formula is C16H22N2O2. The van der Waals surface area contributed by atoms with Crippen LogP contribution in [-0.2, 0) is 16.0 Å². The number of carbonyl (C=O) groups excluding carboxylic acids is 1. The number of rotatable bonds is 3. The summed E-state index contributed by atoms with van der Waals surface area (Å²) in [4.78, 5) is 14.9. The fourth-order valence-corrected chi connectivity index (χ4v) is 3.34. The number of carbonyl (C=O) groups is 1. The topological polar surface area (TPSA) is 41.6 Å². The number of anilines is 1. The van der Waals surface area contributed by atoms with Gasteiger partial charge >= 0.3 is 0 Å². The lowest BCUT2D eigenvalue weighted by Crippen LogP contribution is -2.47. The number of nitrogens with zero attached hydrogens (tertiary/aromatic N) is 1. The van der Waals surface area contributed by atoms with E-state index in [2.05, 4.69) is 31.3 Å². The lowest BCUT2D eigenvalue weighted by Gasteiger charge is -2.28. The Morgan fingerprint density at radius 2 is 2.20 bits per heavy atom. The Morgan fingerprint density at radius 3 is 3.00 bits per heavy atom. The third kappa shape index (κ3) is 2.23. The Morgan fingerprint density at radius 1 is 1.40 bits per heavy atom. The molecule has 3 rings (SSSR count). The summed E-state index contributed by atoms with van der Waals surface area (Å²) in [5.74, 6) is 0.134. The highest BCUT2D eigenvalue weighted by Gasteiger charge is 2.40. The monoisotopic (exact) mass is 274 g/mol. The van der Waals surface area contributed by atoms with Crippen molar-refractivity contribution in [1.29, 1.82) is 0 Å². The van der Waals surface area contributed by atoms with Crippen LogP contribution in [0.2, 0.25) is 0 Å². The molecule has 108 valence electrons. The van der Waals surface area contributed by atoms with Gasteiger partial charge in [-0.15, -0.1) is 0 Å². The highest BCUT2D eigenvalue weighted by molar-refractivity contribution is 5.98. The molecule has 3 atom stereocenters. The molecule has 1 amide bonds. The van der Waals surface area contributed by atoms with E-state index in [1.54, 1.807) is 0 Å². The number of fused-ring (bicyclic) bond motifs is 1. The van der Waals surface area contributed by atoms with Gasteiger partial charge in [0.2, 0.25) is 5.91 Å². The first-order chi connectivity index (χ1) is 9.72. The summed E-state index contributed by atoms with van der Waals surface area (Å²) < 4.78 is 5.52. The van der Waals surface area contributed by atoms with Gasteiger partial charge < -0.3 is 15.0 Å². The van der Waals surface area contributed by atoms with Crippen molar-refractivity contribution < 1.29 is 9.53 Å². The number of ether oxygens (including phenoxy) is 1. The van der Waals surface area contributed by atoms with Gasteiger partial charge in [-0.25, -0.2) is 0 Å². The molecule has 0 bridgehead atoms. The number of nitrogens with one attached hydrogen (secondary N) is 1. The quantitative estimate of drug-likeness (QED) is 0.910. The fourth-order valence-electron chi connectivity index (χ4n) is 3.34. The van der Waals surface area contributed by atoms with Gasteiger partial charge in [0.05, 0.1) is 19.1 Å². The minimum absolute atomic E-state index is 0.0662. The lowest BCUT2D eigenvalue weighted by molar-refractivity contribution is -0.123. The molecule has 20 heavy (non-hydrogen) atoms. The summed E-state index contributed by atoms with van der Waals surface area (Å²) in [6.07, 6.45) is 0.946. The number of likely N-dealkylation sites (N-methyl/N-ethyl adjacent to an activating group) is 1. The smallest absolute Gasteiger partial charge is 0.234 e. The van der Waals surface area contributed by atoms with E-state index >= 15 is 0 Å². The van der Waals surface area contributed by atoms with E-state index in [-0.39, 0.29) is 23.9 Å². The van der Waals surface area contributed by atoms with Crippen molar-refractivity contribution in [2.75, 3.05) is 24.7 Å². The van der Waals surface area contributed by atoms with Crippen LogP contribution in [0.15, 0.2) is 24.3 Å². The largest absolute Gasteiger partial charge is 0.379 e. The molecule has 0 saturated carbocycles. The summed E-state index contributed by atoms with van der Waals surface area (Å²) in [7, 11) is 0. The van der Waals surface area contributed by atoms with Crippen LogP contribution in [-0.4, -0.2) is 37.7 Å². The molecule has 0 spiro atoms. The summed E-state index contributed by atoms with van der Waals surface area (Å²) in [5, 5.41) is 3.37. The zero-order chi connectivity index (χ0) is 14.1. The maximum atomic E-state index is 12.9. The third-order valence-electron chi connectivity index (χ3n) is 4.31. The van der Waals surface area contributed by atoms with Crippen molar-refractivity contribution >= 4 is 11.6 Å². The van der Waals surface area contributed by atoms with Gasteiger partial charge in [-0.1, -0.05) is 25.1 Å². The number of amides is 1. The summed E-state index contributed by atoms with van der Waals surface area (Å²) in [6.45, 7) is 6.21. The molecule has 0 aromatic heterocycles. The lowest BCUT2D eigenvalue weighted by atomic mass is 10.0. The van der Waals surface area contributed by atoms with Crippen LogP contribution in [0.25, 0.3) is 0 Å². The molecule has 1 N–H and O–H groups in total. The van der Waals surface area contributed by atoms with Crippen molar-refractivity contribution in [1.82, 2.24) is 5.32 Å². The van der Waals surface area contributed by atoms with Crippen molar-refractivity contribution in [3.63, 3.8) is 0 Å². The van der Waals surface area contributed by atoms with Gasteiger partial charge in [0.15, 0.2) is 0 Å². The van der Waals surface area contributed by atoms with Crippen LogP contribution in [0, 0.1) is 5.92 Å². The normalized spacial score (nSPS) is 28.7. The molecule has 1 aromatic rings. The van der Waals surface area contributed by atoms with Crippen LogP contribution in [0.5, 0.6) is 0 Å². The fraction of sp³-hybridized carbons (Fsp3) is 0.562. The van der Waals surface area contributed by atoms with Crippen LogP contribution in [0.1, 0.15) is 19.4 Å². The molecule has 0 radical (unpaired) electrons. The Hall–Kier alpha value is -1.39. The molecule has 4 heteroatoms. The van der Waals surface area contributed by atoms with Crippen LogP contribution in [0.3, 0.4) is 0 Å². The third-order valence-corrected chi connectivity index (χ3v) is 4.31. The van der Waals surface area contributed by atoms with Crippen LogP contribution < -0.4 is 10.2 Å². The first kappa shape index (κ1) is 13.6. The average Bonchev–Trinajstić information content (AvgIpc) is 3.02. The Balaban J connectivity index is 1.83. The minimum atomic E-state index is -0.0662. The Labute approximate surface area is 120 Å². The van der Waals surface area contributed by atoms with E-state index < -0.39 is 0 Å². The summed E-state index contributed by atoms with van der Waals surface area (Å²) in [6, 6.07) is 8.60. The van der Waals surface area contributed by atoms with E-state index in [1.807, 2.05) is 17.0 Å². The number of para-hydroxylation sites is 1. The van der Waals surface area contributed by atoms with Crippen molar-refractivity contribution in [3.8, 4) is 0 Å². The molecule has 3 unspecified atom stereocenters. The molecule has 2 aliphatic heterocycles. The Kier molecular flexibility index (Phi) is 3.76. The first-order valence-corrected chi connectivity index (χ1v) is 7.44.